The molecule has 0 saturated carbocycles. The molecule has 2 aliphatic rings. The Balaban J connectivity index is 1.79. The molecule has 3 N–H and O–H groups in total. The molecule has 0 aromatic heterocycles. The van der Waals surface area contributed by atoms with Crippen LogP contribution in [-0.2, 0) is 44.6 Å². The number of hydrogen-bond acceptors (Lipinski definition) is 9. The van der Waals surface area contributed by atoms with Gasteiger partial charge in [-0.2, -0.15) is 0 Å². The van der Waals surface area contributed by atoms with E-state index in [1.807, 2.05) is 65.0 Å². The van der Waals surface area contributed by atoms with E-state index in [2.05, 4.69) is 16.0 Å². The van der Waals surface area contributed by atoms with Crippen LogP contribution >= 0.6 is 0 Å². The van der Waals surface area contributed by atoms with Gasteiger partial charge in [0.05, 0.1) is 42.2 Å². The van der Waals surface area contributed by atoms with Gasteiger partial charge >= 0.3 is 5.97 Å². The Labute approximate surface area is 335 Å². The molecule has 4 amide bonds. The van der Waals surface area contributed by atoms with Crippen molar-refractivity contribution in [1.29, 1.82) is 0 Å². The number of nitrogens with one attached hydrogen (secondary N) is 3. The molecule has 1 aromatic rings. The Bertz CT molecular complexity index is 1460. The summed E-state index contributed by atoms with van der Waals surface area (Å²) in [6.45, 7) is 18.1. The Morgan fingerprint density at radius 1 is 1.00 bits per heavy atom. The molecule has 2 heterocycles. The average Bonchev–Trinajstić information content (AvgIpc) is 3.82. The van der Waals surface area contributed by atoms with Crippen LogP contribution in [0.15, 0.2) is 30.3 Å². The summed E-state index contributed by atoms with van der Waals surface area (Å²) in [5, 5.41) is 9.25. The molecule has 0 radical (unpaired) electrons. The highest BCUT2D eigenvalue weighted by Gasteiger charge is 2.44. The minimum absolute atomic E-state index is 0.00906. The van der Waals surface area contributed by atoms with Crippen LogP contribution in [0.1, 0.15) is 106 Å². The van der Waals surface area contributed by atoms with Crippen molar-refractivity contribution in [3.63, 3.8) is 0 Å². The number of carbonyl (C=O) groups excluding carboxylic acids is 5. The van der Waals surface area contributed by atoms with Crippen molar-refractivity contribution in [2.24, 2.45) is 17.8 Å². The van der Waals surface area contributed by atoms with Crippen molar-refractivity contribution >= 4 is 29.6 Å². The highest BCUT2D eigenvalue weighted by atomic mass is 16.6. The maximum atomic E-state index is 14.3. The zero-order chi connectivity index (χ0) is 42.0. The largest absolute Gasteiger partial charge is 0.458 e. The van der Waals surface area contributed by atoms with Crippen molar-refractivity contribution in [3.05, 3.63) is 35.9 Å². The Kier molecular flexibility index (Phi) is 17.3. The molecule has 13 heteroatoms. The van der Waals surface area contributed by atoms with Gasteiger partial charge in [-0.05, 0) is 77.3 Å². The van der Waals surface area contributed by atoms with E-state index in [4.69, 9.17) is 14.2 Å². The molecule has 0 aliphatic carbocycles. The molecule has 0 spiro atoms. The predicted octanol–water partition coefficient (Wildman–Crippen LogP) is 4.26. The number of esters is 1. The number of methoxy groups -OCH3 is 2. The van der Waals surface area contributed by atoms with Crippen molar-refractivity contribution in [2.45, 2.75) is 155 Å². The number of rotatable bonds is 19. The summed E-state index contributed by atoms with van der Waals surface area (Å²) in [7, 11) is 4.83. The Morgan fingerprint density at radius 2 is 1.66 bits per heavy atom. The lowest BCUT2D eigenvalue weighted by atomic mass is 9.89. The highest BCUT2D eigenvalue weighted by Crippen LogP contribution is 2.30. The van der Waals surface area contributed by atoms with Crippen molar-refractivity contribution in [1.82, 2.24) is 25.8 Å². The molecule has 9 unspecified atom stereocenters. The van der Waals surface area contributed by atoms with Crippen molar-refractivity contribution < 1.29 is 38.2 Å². The fourth-order valence-electron chi connectivity index (χ4n) is 8.15. The van der Waals surface area contributed by atoms with Crippen LogP contribution in [0, 0.1) is 17.8 Å². The number of carbonyl (C=O) groups is 5. The van der Waals surface area contributed by atoms with Crippen LogP contribution in [0.25, 0.3) is 0 Å². The summed E-state index contributed by atoms with van der Waals surface area (Å²) in [4.78, 5) is 72.5. The third-order valence-corrected chi connectivity index (χ3v) is 11.6. The van der Waals surface area contributed by atoms with Gasteiger partial charge in [-0.1, -0.05) is 71.4 Å². The molecule has 9 atom stereocenters. The molecule has 3 rings (SSSR count). The van der Waals surface area contributed by atoms with Gasteiger partial charge in [0.15, 0.2) is 0 Å². The normalized spacial score (nSPS) is 22.4. The van der Waals surface area contributed by atoms with Gasteiger partial charge < -0.3 is 40.0 Å². The molecule has 0 bridgehead atoms. The molecule has 2 aliphatic heterocycles. The summed E-state index contributed by atoms with van der Waals surface area (Å²) in [5.41, 5.74) is -0.589. The predicted molar refractivity (Wildman–Crippen MR) is 216 cm³/mol. The van der Waals surface area contributed by atoms with E-state index in [-0.39, 0.29) is 48.3 Å². The van der Waals surface area contributed by atoms with E-state index in [0.29, 0.717) is 19.4 Å². The van der Waals surface area contributed by atoms with E-state index >= 15 is 0 Å². The van der Waals surface area contributed by atoms with Crippen molar-refractivity contribution in [3.8, 4) is 0 Å². The van der Waals surface area contributed by atoms with Crippen molar-refractivity contribution in [2.75, 3.05) is 34.4 Å². The standard InChI is InChI=1S/C43H71N5O8/c1-13-28(4)36(47(10)39(51)35(27(2)3)46-41(53)43(9)22-18-23-44-43)33(54-11)26-34(49)48-24-17-21-32(48)37(55-12)29(5)38(50)45-31(40(52)56-42(6,7)8)25-30-19-15-14-16-20-30/h14-16,19-20,27-29,31-33,35-37,44H,13,17-18,21-26H2,1-12H3,(H,45,50)(H,46,53). The van der Waals surface area contributed by atoms with Gasteiger partial charge in [0.1, 0.15) is 17.7 Å². The molecular weight excluding hydrogens is 714 g/mol. The van der Waals surface area contributed by atoms with Crippen LogP contribution in [0.2, 0.25) is 0 Å². The van der Waals surface area contributed by atoms with E-state index in [0.717, 1.165) is 31.4 Å². The first-order valence-electron chi connectivity index (χ1n) is 20.5. The monoisotopic (exact) mass is 786 g/mol. The minimum atomic E-state index is -0.920. The average molecular weight is 786 g/mol. The third-order valence-electron chi connectivity index (χ3n) is 11.6. The zero-order valence-electron chi connectivity index (χ0n) is 36.1. The van der Waals surface area contributed by atoms with Gasteiger partial charge in [-0.3, -0.25) is 19.2 Å². The minimum Gasteiger partial charge on any atom is -0.458 e. The van der Waals surface area contributed by atoms with Gasteiger partial charge in [-0.15, -0.1) is 0 Å². The number of likely N-dealkylation sites (N-methyl/N-ethyl adjacent to an activating group) is 1. The maximum absolute atomic E-state index is 14.3. The molecule has 56 heavy (non-hydrogen) atoms. The number of ether oxygens (including phenoxy) is 3. The second kappa shape index (κ2) is 20.7. The number of hydrogen-bond donors (Lipinski definition) is 3. The van der Waals surface area contributed by atoms with E-state index in [1.165, 1.54) is 7.11 Å². The smallest absolute Gasteiger partial charge is 0.329 e. The summed E-state index contributed by atoms with van der Waals surface area (Å²) in [6, 6.07) is 6.91. The SMILES string of the molecule is CCC(C)C(C(CC(=O)N1CCCC1C(OC)C(C)C(=O)NC(Cc1ccccc1)C(=O)OC(C)(C)C)OC)N(C)C(=O)C(NC(=O)C1(C)CCCN1)C(C)C. The van der Waals surface area contributed by atoms with Gasteiger partial charge in [0.25, 0.3) is 0 Å². The molecule has 2 fully saturated rings. The molecule has 1 aromatic carbocycles. The Morgan fingerprint density at radius 3 is 2.20 bits per heavy atom. The fourth-order valence-corrected chi connectivity index (χ4v) is 8.15. The van der Waals surface area contributed by atoms with Gasteiger partial charge in [0.2, 0.25) is 23.6 Å². The van der Waals surface area contributed by atoms with Gasteiger partial charge in [-0.25, -0.2) is 4.79 Å². The lowest BCUT2D eigenvalue weighted by molar-refractivity contribution is -0.159. The first kappa shape index (κ1) is 46.8. The number of amides is 4. The fraction of sp³-hybridized carbons (Fsp3) is 0.744. The third kappa shape index (κ3) is 12.2. The number of nitrogens with zero attached hydrogens (tertiary/aromatic N) is 2. The summed E-state index contributed by atoms with van der Waals surface area (Å²) >= 11 is 0. The Hall–Kier alpha value is -3.55. The van der Waals surface area contributed by atoms with Crippen LogP contribution in [-0.4, -0.2) is 121 Å². The zero-order valence-corrected chi connectivity index (χ0v) is 36.1. The second-order valence-electron chi connectivity index (χ2n) is 17.4. The summed E-state index contributed by atoms with van der Waals surface area (Å²) in [5.74, 6) is -2.40. The second-order valence-corrected chi connectivity index (χ2v) is 17.4. The van der Waals surface area contributed by atoms with E-state index < -0.39 is 59.4 Å². The van der Waals surface area contributed by atoms with Crippen LogP contribution < -0.4 is 16.0 Å². The number of benzene rings is 1. The first-order valence-corrected chi connectivity index (χ1v) is 20.5. The highest BCUT2D eigenvalue weighted by molar-refractivity contribution is 5.92. The van der Waals surface area contributed by atoms with E-state index in [1.54, 1.807) is 51.7 Å². The van der Waals surface area contributed by atoms with E-state index in [9.17, 15) is 24.0 Å². The quantitative estimate of drug-likeness (QED) is 0.175. The van der Waals surface area contributed by atoms with Gasteiger partial charge in [0, 0.05) is 34.2 Å². The molecule has 316 valence electrons. The molecule has 13 nitrogen and oxygen atoms in total. The van der Waals surface area contributed by atoms with Crippen LogP contribution in [0.3, 0.4) is 0 Å². The lowest BCUT2D eigenvalue weighted by Crippen LogP contribution is -2.61. The molecule has 2 saturated heterocycles. The van der Waals surface area contributed by atoms with Crippen LogP contribution in [0.4, 0.5) is 0 Å². The molecular formula is C43H71N5O8. The maximum Gasteiger partial charge on any atom is 0.329 e. The summed E-state index contributed by atoms with van der Waals surface area (Å²) < 4.78 is 17.7. The van der Waals surface area contributed by atoms with Crippen LogP contribution in [0.5, 0.6) is 0 Å². The summed E-state index contributed by atoms with van der Waals surface area (Å²) in [6.07, 6.45) is 2.66. The lowest BCUT2D eigenvalue weighted by Gasteiger charge is -2.41. The topological polar surface area (TPSA) is 156 Å². The number of likely N-dealkylation sites (tertiary alicyclic amines) is 1. The first-order chi connectivity index (χ1) is 26.3.